The first kappa shape index (κ1) is 8.01. The number of hydrogen-bond donors (Lipinski definition) is 1. The third-order valence-electron chi connectivity index (χ3n) is 1.23. The number of pyridine rings is 1. The van der Waals surface area contributed by atoms with Gasteiger partial charge in [-0.15, -0.1) is 0 Å². The second-order valence-corrected chi connectivity index (χ2v) is 2.11. The van der Waals surface area contributed by atoms with Crippen LogP contribution >= 0.6 is 0 Å². The van der Waals surface area contributed by atoms with Crippen molar-refractivity contribution in [2.75, 3.05) is 13.2 Å². The lowest BCUT2D eigenvalue weighted by Gasteiger charge is -2.03. The normalized spacial score (nSPS) is 9.55. The summed E-state index contributed by atoms with van der Waals surface area (Å²) in [5.41, 5.74) is 0. The molecule has 1 aromatic heterocycles. The SMILES string of the molecule is [CH2-][NH2+]CCOc1cccnc1. The highest BCUT2D eigenvalue weighted by Gasteiger charge is 1.89. The van der Waals surface area contributed by atoms with Crippen LogP contribution in [0.4, 0.5) is 0 Å². The molecule has 3 nitrogen and oxygen atoms in total. The van der Waals surface area contributed by atoms with E-state index in [1.54, 1.807) is 12.4 Å². The molecule has 0 aromatic carbocycles. The van der Waals surface area contributed by atoms with Crippen molar-refractivity contribution in [2.45, 2.75) is 0 Å². The van der Waals surface area contributed by atoms with Crippen molar-refractivity contribution in [3.63, 3.8) is 0 Å². The molecule has 0 aliphatic heterocycles. The van der Waals surface area contributed by atoms with Crippen LogP contribution in [0.5, 0.6) is 5.75 Å². The fourth-order valence-corrected chi connectivity index (χ4v) is 0.693. The highest BCUT2D eigenvalue weighted by Crippen LogP contribution is 2.04. The third kappa shape index (κ3) is 3.00. The predicted molar refractivity (Wildman–Crippen MR) is 41.9 cm³/mol. The summed E-state index contributed by atoms with van der Waals surface area (Å²) in [6.07, 6.45) is 3.42. The molecule has 0 saturated carbocycles. The summed E-state index contributed by atoms with van der Waals surface area (Å²) in [6, 6.07) is 3.74. The van der Waals surface area contributed by atoms with Crippen LogP contribution in [0, 0.1) is 7.05 Å². The number of nitrogens with two attached hydrogens (primary N) is 1. The molecule has 1 aromatic rings. The monoisotopic (exact) mass is 152 g/mol. The second-order valence-electron chi connectivity index (χ2n) is 2.11. The maximum absolute atomic E-state index is 5.31. The first-order valence-electron chi connectivity index (χ1n) is 3.57. The number of rotatable bonds is 4. The van der Waals surface area contributed by atoms with Gasteiger partial charge < -0.3 is 10.1 Å². The van der Waals surface area contributed by atoms with Crippen LogP contribution in [0.25, 0.3) is 0 Å². The van der Waals surface area contributed by atoms with Gasteiger partial charge in [-0.1, -0.05) is 0 Å². The zero-order valence-corrected chi connectivity index (χ0v) is 6.36. The molecule has 0 radical (unpaired) electrons. The summed E-state index contributed by atoms with van der Waals surface area (Å²) in [6.45, 7) is 1.55. The van der Waals surface area contributed by atoms with E-state index in [9.17, 15) is 0 Å². The minimum atomic E-state index is 0.676. The summed E-state index contributed by atoms with van der Waals surface area (Å²) in [5, 5.41) is 1.83. The van der Waals surface area contributed by atoms with Gasteiger partial charge in [-0.3, -0.25) is 4.98 Å². The minimum Gasteiger partial charge on any atom is -0.486 e. The number of quaternary nitrogens is 1. The Balaban J connectivity index is 2.28. The molecule has 11 heavy (non-hydrogen) atoms. The van der Waals surface area contributed by atoms with Gasteiger partial charge in [0, 0.05) is 6.20 Å². The molecule has 0 unspecified atom stereocenters. The maximum atomic E-state index is 5.31. The van der Waals surface area contributed by atoms with E-state index in [1.807, 2.05) is 17.4 Å². The molecule has 1 heterocycles. The zero-order valence-electron chi connectivity index (χ0n) is 6.36. The zero-order chi connectivity index (χ0) is 7.94. The quantitative estimate of drug-likeness (QED) is 0.480. The Labute approximate surface area is 66.4 Å². The Hall–Kier alpha value is -1.09. The summed E-state index contributed by atoms with van der Waals surface area (Å²) < 4.78 is 5.31. The number of nitrogens with zero attached hydrogens (tertiary/aromatic N) is 1. The van der Waals surface area contributed by atoms with E-state index >= 15 is 0 Å². The van der Waals surface area contributed by atoms with E-state index in [1.165, 1.54) is 0 Å². The minimum absolute atomic E-state index is 0.676. The molecule has 2 N–H and O–H groups in total. The van der Waals surface area contributed by atoms with Gasteiger partial charge >= 0.3 is 0 Å². The fourth-order valence-electron chi connectivity index (χ4n) is 0.693. The highest BCUT2D eigenvalue weighted by atomic mass is 16.5. The van der Waals surface area contributed by atoms with Gasteiger partial charge in [0.15, 0.2) is 0 Å². The molecule has 0 atom stereocenters. The van der Waals surface area contributed by atoms with Crippen molar-refractivity contribution < 1.29 is 10.1 Å². The van der Waals surface area contributed by atoms with E-state index in [-0.39, 0.29) is 0 Å². The summed E-state index contributed by atoms with van der Waals surface area (Å²) in [5.74, 6) is 0.814. The molecule has 1 rings (SSSR count). The van der Waals surface area contributed by atoms with Crippen molar-refractivity contribution in [2.24, 2.45) is 0 Å². The lowest BCUT2D eigenvalue weighted by Crippen LogP contribution is -2.78. The van der Waals surface area contributed by atoms with Crippen LogP contribution in [-0.4, -0.2) is 18.1 Å². The van der Waals surface area contributed by atoms with Gasteiger partial charge in [0.1, 0.15) is 12.4 Å². The Morgan fingerprint density at radius 3 is 3.18 bits per heavy atom. The van der Waals surface area contributed by atoms with Crippen molar-refractivity contribution in [3.05, 3.63) is 31.6 Å². The number of hydrogen-bond acceptors (Lipinski definition) is 2. The molecule has 0 amide bonds. The van der Waals surface area contributed by atoms with Gasteiger partial charge in [0.05, 0.1) is 12.7 Å². The molecule has 0 bridgehead atoms. The van der Waals surface area contributed by atoms with E-state index in [4.69, 9.17) is 4.74 Å². The Kier molecular flexibility index (Phi) is 3.41. The average molecular weight is 152 g/mol. The van der Waals surface area contributed by atoms with Gasteiger partial charge in [-0.05, 0) is 12.1 Å². The van der Waals surface area contributed by atoms with E-state index in [2.05, 4.69) is 12.0 Å². The average Bonchev–Trinajstić information content (AvgIpc) is 2.07. The van der Waals surface area contributed by atoms with Crippen molar-refractivity contribution >= 4 is 0 Å². The van der Waals surface area contributed by atoms with E-state index in [0.29, 0.717) is 6.61 Å². The first-order chi connectivity index (χ1) is 5.43. The molecule has 0 aliphatic rings. The first-order valence-corrected chi connectivity index (χ1v) is 3.57. The van der Waals surface area contributed by atoms with Crippen LogP contribution in [0.1, 0.15) is 0 Å². The molecule has 60 valence electrons. The lowest BCUT2D eigenvalue weighted by atomic mass is 10.5. The molecular weight excluding hydrogens is 140 g/mol. The van der Waals surface area contributed by atoms with Gasteiger partial charge in [-0.25, -0.2) is 0 Å². The number of ether oxygens (including phenoxy) is 1. The van der Waals surface area contributed by atoms with Gasteiger partial charge in [-0.2, -0.15) is 7.05 Å². The van der Waals surface area contributed by atoms with Crippen LogP contribution in [0.15, 0.2) is 24.5 Å². The fraction of sp³-hybridized carbons (Fsp3) is 0.250. The largest absolute Gasteiger partial charge is 0.486 e. The summed E-state index contributed by atoms with van der Waals surface area (Å²) in [4.78, 5) is 3.91. The smallest absolute Gasteiger partial charge is 0.137 e. The Morgan fingerprint density at radius 1 is 1.64 bits per heavy atom. The van der Waals surface area contributed by atoms with E-state index in [0.717, 1.165) is 12.3 Å². The van der Waals surface area contributed by atoms with Gasteiger partial charge in [0.2, 0.25) is 0 Å². The van der Waals surface area contributed by atoms with E-state index < -0.39 is 0 Å². The molecule has 3 heteroatoms. The van der Waals surface area contributed by atoms with Crippen molar-refractivity contribution in [1.29, 1.82) is 0 Å². The summed E-state index contributed by atoms with van der Waals surface area (Å²) in [7, 11) is 3.60. The summed E-state index contributed by atoms with van der Waals surface area (Å²) >= 11 is 0. The Bertz CT molecular complexity index is 189. The molecule has 0 spiro atoms. The Morgan fingerprint density at radius 2 is 2.55 bits per heavy atom. The molecule has 0 saturated heterocycles. The molecule has 0 aliphatic carbocycles. The van der Waals surface area contributed by atoms with Gasteiger partial charge in [0.25, 0.3) is 0 Å². The highest BCUT2D eigenvalue weighted by molar-refractivity contribution is 5.15. The third-order valence-corrected chi connectivity index (χ3v) is 1.23. The standard InChI is InChI=1S/C8H12N2O/c1-9-5-6-11-8-3-2-4-10-7-8/h2-4,7H,1,5-6,9H2. The van der Waals surface area contributed by atoms with Crippen molar-refractivity contribution in [3.8, 4) is 5.75 Å². The lowest BCUT2D eigenvalue weighted by molar-refractivity contribution is -0.596. The maximum Gasteiger partial charge on any atom is 0.137 e. The molecule has 0 fully saturated rings. The molecular formula is C8H12N2O. The van der Waals surface area contributed by atoms with Crippen molar-refractivity contribution in [1.82, 2.24) is 4.98 Å². The topological polar surface area (TPSA) is 38.7 Å². The van der Waals surface area contributed by atoms with Crippen LogP contribution in [-0.2, 0) is 0 Å². The number of aromatic nitrogens is 1. The van der Waals surface area contributed by atoms with Crippen LogP contribution in [0.2, 0.25) is 0 Å². The second kappa shape index (κ2) is 4.68. The predicted octanol–water partition coefficient (Wildman–Crippen LogP) is -0.185. The van der Waals surface area contributed by atoms with Crippen LogP contribution in [0.3, 0.4) is 0 Å². The van der Waals surface area contributed by atoms with Crippen LogP contribution < -0.4 is 10.1 Å².